The van der Waals surface area contributed by atoms with Gasteiger partial charge in [0.2, 0.25) is 0 Å². The van der Waals surface area contributed by atoms with Gasteiger partial charge in [0.25, 0.3) is 0 Å². The number of ether oxygens (including phenoxy) is 2. The summed E-state index contributed by atoms with van der Waals surface area (Å²) >= 11 is 3.46. The molecule has 0 radical (unpaired) electrons. The first-order valence-corrected chi connectivity index (χ1v) is 14.0. The molecular weight excluding hydrogens is 542 g/mol. The van der Waals surface area contributed by atoms with Crippen LogP contribution in [0.5, 0.6) is 11.5 Å². The summed E-state index contributed by atoms with van der Waals surface area (Å²) in [5.41, 5.74) is 5.34. The molecule has 6 heteroatoms. The summed E-state index contributed by atoms with van der Waals surface area (Å²) in [5.74, 6) is 1.09. The number of rotatable bonds is 5. The van der Waals surface area contributed by atoms with Crippen LogP contribution < -0.4 is 9.47 Å². The van der Waals surface area contributed by atoms with Crippen molar-refractivity contribution in [3.05, 3.63) is 80.6 Å². The van der Waals surface area contributed by atoms with E-state index in [-0.39, 0.29) is 22.4 Å². The molecule has 5 rings (SSSR count). The average Bonchev–Trinajstić information content (AvgIpc) is 2.84. The van der Waals surface area contributed by atoms with Gasteiger partial charge in [-0.05, 0) is 59.1 Å². The van der Waals surface area contributed by atoms with E-state index < -0.39 is 5.92 Å². The summed E-state index contributed by atoms with van der Waals surface area (Å²) in [4.78, 5) is 29.6. The number of halogens is 1. The molecule has 0 atom stereocenters. The second-order valence-electron chi connectivity index (χ2n) is 12.4. The van der Waals surface area contributed by atoms with E-state index in [1.807, 2.05) is 49.5 Å². The molecule has 0 unspecified atom stereocenters. The van der Waals surface area contributed by atoms with Crippen molar-refractivity contribution in [3.8, 4) is 11.5 Å². The van der Waals surface area contributed by atoms with Gasteiger partial charge in [-0.2, -0.15) is 0 Å². The first-order valence-electron chi connectivity index (χ1n) is 13.2. The topological polar surface area (TPSA) is 55.8 Å². The summed E-state index contributed by atoms with van der Waals surface area (Å²) in [5, 5.41) is 0. The van der Waals surface area contributed by atoms with Crippen molar-refractivity contribution in [1.29, 1.82) is 0 Å². The van der Waals surface area contributed by atoms with Crippen molar-refractivity contribution in [3.63, 3.8) is 0 Å². The van der Waals surface area contributed by atoms with Crippen molar-refractivity contribution in [2.24, 2.45) is 10.8 Å². The molecule has 0 saturated carbocycles. The molecule has 38 heavy (non-hydrogen) atoms. The highest BCUT2D eigenvalue weighted by Crippen LogP contribution is 2.54. The van der Waals surface area contributed by atoms with Crippen molar-refractivity contribution in [1.82, 2.24) is 4.90 Å². The lowest BCUT2D eigenvalue weighted by Gasteiger charge is -2.47. The molecule has 0 N–H and O–H groups in total. The molecule has 0 aromatic heterocycles. The van der Waals surface area contributed by atoms with Gasteiger partial charge in [0.1, 0.15) is 6.61 Å². The smallest absolute Gasteiger partial charge is 0.162 e. The molecule has 2 aliphatic carbocycles. The minimum Gasteiger partial charge on any atom is -0.493 e. The molecule has 0 saturated heterocycles. The molecule has 5 nitrogen and oxygen atoms in total. The van der Waals surface area contributed by atoms with Crippen LogP contribution in [0.25, 0.3) is 0 Å². The summed E-state index contributed by atoms with van der Waals surface area (Å²) in [6, 6.07) is 13.8. The number of ketones is 2. The zero-order valence-corrected chi connectivity index (χ0v) is 24.7. The molecule has 2 aromatic rings. The first-order chi connectivity index (χ1) is 17.9. The predicted molar refractivity (Wildman–Crippen MR) is 152 cm³/mol. The van der Waals surface area contributed by atoms with Crippen molar-refractivity contribution in [2.45, 2.75) is 65.9 Å². The number of allylic oxidation sites excluding steroid dienone is 4. The third kappa shape index (κ3) is 4.95. The Morgan fingerprint density at radius 1 is 0.842 bits per heavy atom. The van der Waals surface area contributed by atoms with Crippen LogP contribution in [0, 0.1) is 10.8 Å². The third-order valence-corrected chi connectivity index (χ3v) is 8.54. The Kier molecular flexibility index (Phi) is 6.83. The fourth-order valence-electron chi connectivity index (χ4n) is 6.22. The van der Waals surface area contributed by atoms with Gasteiger partial charge in [0.05, 0.1) is 7.11 Å². The van der Waals surface area contributed by atoms with E-state index in [4.69, 9.17) is 9.47 Å². The average molecular weight is 579 g/mol. The summed E-state index contributed by atoms with van der Waals surface area (Å²) in [7, 11) is 3.65. The predicted octanol–water partition coefficient (Wildman–Crippen LogP) is 7.35. The second kappa shape index (κ2) is 9.71. The quantitative estimate of drug-likeness (QED) is 0.371. The highest BCUT2D eigenvalue weighted by molar-refractivity contribution is 9.10. The Morgan fingerprint density at radius 2 is 1.39 bits per heavy atom. The van der Waals surface area contributed by atoms with Crippen molar-refractivity contribution < 1.29 is 19.1 Å². The Labute approximate surface area is 234 Å². The van der Waals surface area contributed by atoms with Gasteiger partial charge in [0, 0.05) is 52.8 Å². The molecule has 0 fully saturated rings. The van der Waals surface area contributed by atoms with E-state index >= 15 is 0 Å². The standard InChI is InChI=1S/C32H36BrNO4/c1-31(2)14-22-29(24(35)16-31)28(30-23(34(22)5)15-32(3,4)17-25(30)36)20-9-12-26(27(13-20)37-6)38-18-19-7-10-21(33)11-8-19/h7-13,28H,14-18H2,1-6H3. The maximum absolute atomic E-state index is 13.7. The number of Topliss-reactive ketones (excluding diaryl/α,β-unsaturated/α-hetero) is 2. The van der Waals surface area contributed by atoms with Crippen LogP contribution in [0.3, 0.4) is 0 Å². The molecule has 0 amide bonds. The summed E-state index contributed by atoms with van der Waals surface area (Å²) in [6.45, 7) is 9.01. The molecule has 0 spiro atoms. The first kappa shape index (κ1) is 26.7. The van der Waals surface area contributed by atoms with Crippen LogP contribution in [-0.4, -0.2) is 30.6 Å². The van der Waals surface area contributed by atoms with E-state index in [0.29, 0.717) is 30.9 Å². The maximum Gasteiger partial charge on any atom is 0.162 e. The number of benzene rings is 2. The maximum atomic E-state index is 13.7. The number of nitrogens with zero attached hydrogens (tertiary/aromatic N) is 1. The number of hydrogen-bond donors (Lipinski definition) is 0. The lowest BCUT2D eigenvalue weighted by molar-refractivity contribution is -0.119. The Balaban J connectivity index is 1.58. The van der Waals surface area contributed by atoms with Gasteiger partial charge in [-0.1, -0.05) is 61.8 Å². The van der Waals surface area contributed by atoms with E-state index in [1.54, 1.807) is 7.11 Å². The Hall–Kier alpha value is -2.86. The van der Waals surface area contributed by atoms with Crippen LogP contribution in [-0.2, 0) is 16.2 Å². The zero-order valence-electron chi connectivity index (χ0n) is 23.1. The lowest BCUT2D eigenvalue weighted by Crippen LogP contribution is -2.43. The lowest BCUT2D eigenvalue weighted by atomic mass is 9.64. The van der Waals surface area contributed by atoms with Gasteiger partial charge in [-0.3, -0.25) is 9.59 Å². The Morgan fingerprint density at radius 3 is 1.92 bits per heavy atom. The fourth-order valence-corrected chi connectivity index (χ4v) is 6.49. The highest BCUT2D eigenvalue weighted by atomic mass is 79.9. The monoisotopic (exact) mass is 577 g/mol. The third-order valence-electron chi connectivity index (χ3n) is 8.01. The molecular formula is C32H36BrNO4. The van der Waals surface area contributed by atoms with Gasteiger partial charge >= 0.3 is 0 Å². The van der Waals surface area contributed by atoms with Crippen LogP contribution in [0.1, 0.15) is 70.4 Å². The number of hydrogen-bond acceptors (Lipinski definition) is 5. The fraction of sp³-hybridized carbons (Fsp3) is 0.438. The summed E-state index contributed by atoms with van der Waals surface area (Å²) < 4.78 is 12.9. The minimum absolute atomic E-state index is 0.122. The Bertz CT molecular complexity index is 1310. The SMILES string of the molecule is COc1cc(C2C3=C(CC(C)(C)CC3=O)N(C)C3=C2C(=O)CC(C)(C)C3)ccc1OCc1ccc(Br)cc1. The van der Waals surface area contributed by atoms with Crippen LogP contribution in [0.4, 0.5) is 0 Å². The normalized spacial score (nSPS) is 20.9. The number of methoxy groups -OCH3 is 1. The summed E-state index contributed by atoms with van der Waals surface area (Å²) in [6.07, 6.45) is 2.56. The van der Waals surface area contributed by atoms with Gasteiger partial charge in [0.15, 0.2) is 23.1 Å². The van der Waals surface area contributed by atoms with Gasteiger partial charge < -0.3 is 14.4 Å². The molecule has 0 bridgehead atoms. The molecule has 3 aliphatic rings. The van der Waals surface area contributed by atoms with E-state index in [0.717, 1.165) is 51.0 Å². The second-order valence-corrected chi connectivity index (χ2v) is 13.3. The molecule has 1 aliphatic heterocycles. The van der Waals surface area contributed by atoms with Gasteiger partial charge in [-0.15, -0.1) is 0 Å². The van der Waals surface area contributed by atoms with Crippen LogP contribution in [0.2, 0.25) is 0 Å². The van der Waals surface area contributed by atoms with Crippen LogP contribution in [0.15, 0.2) is 69.5 Å². The van der Waals surface area contributed by atoms with Crippen molar-refractivity contribution in [2.75, 3.05) is 14.2 Å². The molecule has 200 valence electrons. The number of carbonyl (C=O) groups excluding carboxylic acids is 2. The van der Waals surface area contributed by atoms with Crippen LogP contribution >= 0.6 is 15.9 Å². The van der Waals surface area contributed by atoms with Crippen molar-refractivity contribution >= 4 is 27.5 Å². The van der Waals surface area contributed by atoms with E-state index in [9.17, 15) is 9.59 Å². The largest absolute Gasteiger partial charge is 0.493 e. The highest BCUT2D eigenvalue weighted by Gasteiger charge is 2.48. The van der Waals surface area contributed by atoms with E-state index in [2.05, 4.69) is 48.5 Å². The van der Waals surface area contributed by atoms with E-state index in [1.165, 1.54) is 0 Å². The molecule has 2 aromatic carbocycles. The number of carbonyl (C=O) groups is 2. The molecule has 1 heterocycles. The zero-order chi connectivity index (χ0) is 27.4. The minimum atomic E-state index is -0.391. The van der Waals surface area contributed by atoms with Gasteiger partial charge in [-0.25, -0.2) is 0 Å².